The quantitative estimate of drug-likeness (QED) is 0.161. The maximum atomic E-state index is 12.6. The van der Waals surface area contributed by atoms with E-state index in [1.165, 1.54) is 11.8 Å². The number of ether oxygens (including phenoxy) is 1. The average molecular weight is 417 g/mol. The van der Waals surface area contributed by atoms with Crippen molar-refractivity contribution in [1.29, 1.82) is 0 Å². The smallest absolute Gasteiger partial charge is 0.365 e. The Labute approximate surface area is 178 Å². The molecule has 0 saturated carbocycles. The molecule has 0 bridgehead atoms. The highest BCUT2D eigenvalue weighted by atomic mass is 32.2. The Kier molecular flexibility index (Phi) is 6.10. The van der Waals surface area contributed by atoms with Crippen LogP contribution in [-0.2, 0) is 9.53 Å². The fraction of sp³-hybridized carbons (Fsp3) is 0.0870. The molecule has 1 N–H and O–H groups in total. The third-order valence-corrected chi connectivity index (χ3v) is 5.15. The van der Waals surface area contributed by atoms with Crippen molar-refractivity contribution in [3.63, 3.8) is 0 Å². The van der Waals surface area contributed by atoms with Crippen LogP contribution in [0.15, 0.2) is 95.2 Å². The first-order valence-corrected chi connectivity index (χ1v) is 10.3. The molecule has 0 atom stereocenters. The third kappa shape index (κ3) is 4.36. The van der Waals surface area contributed by atoms with Crippen LogP contribution < -0.4 is 5.43 Å². The van der Waals surface area contributed by atoms with Gasteiger partial charge in [-0.1, -0.05) is 48.5 Å². The van der Waals surface area contributed by atoms with Gasteiger partial charge in [0.2, 0.25) is 5.04 Å². The van der Waals surface area contributed by atoms with E-state index < -0.39 is 5.97 Å². The number of hydrogen-bond donors (Lipinski definition) is 1. The van der Waals surface area contributed by atoms with Crippen molar-refractivity contribution < 1.29 is 9.53 Å². The van der Waals surface area contributed by atoms with Crippen LogP contribution in [0.1, 0.15) is 6.92 Å². The predicted molar refractivity (Wildman–Crippen MR) is 121 cm³/mol. The summed E-state index contributed by atoms with van der Waals surface area (Å²) in [5, 5.41) is 5.12. The molecule has 0 aliphatic heterocycles. The summed E-state index contributed by atoms with van der Waals surface area (Å²) < 4.78 is 7.23. The minimum atomic E-state index is -0.502. The van der Waals surface area contributed by atoms with Gasteiger partial charge in [0, 0.05) is 5.69 Å². The molecule has 3 aromatic carbocycles. The molecule has 150 valence electrons. The Bertz CT molecular complexity index is 1170. The summed E-state index contributed by atoms with van der Waals surface area (Å²) in [5.74, 6) is -0.502. The standard InChI is InChI=1S/C23H20N4O2S/c1-2-29-22(28)21(26-25-17-11-5-3-6-12-17)30-23-24-19-15-9-10-16-20(19)27(23)18-13-7-4-8-14-18/h3-16,25H,2H2,1H3. The molecule has 6 nitrogen and oxygen atoms in total. The molecule has 0 fully saturated rings. The molecule has 0 saturated heterocycles. The summed E-state index contributed by atoms with van der Waals surface area (Å²) in [7, 11) is 0. The van der Waals surface area contributed by atoms with Crippen molar-refractivity contribution in [2.24, 2.45) is 5.10 Å². The molecule has 1 aromatic heterocycles. The second kappa shape index (κ2) is 9.28. The number of anilines is 1. The maximum absolute atomic E-state index is 12.6. The van der Waals surface area contributed by atoms with Gasteiger partial charge in [-0.25, -0.2) is 9.78 Å². The lowest BCUT2D eigenvalue weighted by atomic mass is 10.3. The number of nitrogens with one attached hydrogen (secondary N) is 1. The Morgan fingerprint density at radius 2 is 1.67 bits per heavy atom. The van der Waals surface area contributed by atoms with E-state index in [9.17, 15) is 4.79 Å². The minimum Gasteiger partial charge on any atom is -0.461 e. The van der Waals surface area contributed by atoms with Gasteiger partial charge < -0.3 is 4.74 Å². The van der Waals surface area contributed by atoms with Gasteiger partial charge >= 0.3 is 5.97 Å². The van der Waals surface area contributed by atoms with Crippen LogP contribution in [0.5, 0.6) is 0 Å². The number of carbonyl (C=O) groups is 1. The van der Waals surface area contributed by atoms with Gasteiger partial charge in [0.15, 0.2) is 5.16 Å². The second-order valence-corrected chi connectivity index (χ2v) is 7.23. The zero-order valence-corrected chi connectivity index (χ0v) is 17.2. The molecule has 0 aliphatic rings. The van der Waals surface area contributed by atoms with Crippen LogP contribution in [0.2, 0.25) is 0 Å². The lowest BCUT2D eigenvalue weighted by Crippen LogP contribution is -2.16. The summed E-state index contributed by atoms with van der Waals surface area (Å²) >= 11 is 1.17. The van der Waals surface area contributed by atoms with Gasteiger partial charge in [-0.2, -0.15) is 5.10 Å². The number of nitrogens with zero attached hydrogens (tertiary/aromatic N) is 3. The van der Waals surface area contributed by atoms with Crippen LogP contribution in [-0.4, -0.2) is 27.2 Å². The lowest BCUT2D eigenvalue weighted by Gasteiger charge is -2.10. The number of aromatic nitrogens is 2. The number of para-hydroxylation sites is 4. The van der Waals surface area contributed by atoms with Crippen LogP contribution in [0.25, 0.3) is 16.7 Å². The molecule has 30 heavy (non-hydrogen) atoms. The van der Waals surface area contributed by atoms with E-state index in [2.05, 4.69) is 10.5 Å². The average Bonchev–Trinajstić information content (AvgIpc) is 3.16. The van der Waals surface area contributed by atoms with Gasteiger partial charge in [-0.3, -0.25) is 9.99 Å². The van der Waals surface area contributed by atoms with E-state index in [0.717, 1.165) is 22.4 Å². The first-order valence-electron chi connectivity index (χ1n) is 9.53. The second-order valence-electron chi connectivity index (χ2n) is 6.27. The molecule has 4 rings (SSSR count). The summed E-state index contributed by atoms with van der Waals surface area (Å²) in [5.41, 5.74) is 6.44. The number of imidazole rings is 1. The number of rotatable bonds is 5. The molecule has 0 unspecified atom stereocenters. The van der Waals surface area contributed by atoms with Crippen molar-refractivity contribution in [3.05, 3.63) is 84.9 Å². The Morgan fingerprint density at radius 1 is 1.00 bits per heavy atom. The summed E-state index contributed by atoms with van der Waals surface area (Å²) in [4.78, 5) is 17.3. The van der Waals surface area contributed by atoms with Crippen molar-refractivity contribution in [2.45, 2.75) is 12.1 Å². The number of esters is 1. The van der Waals surface area contributed by atoms with Gasteiger partial charge in [0.1, 0.15) is 0 Å². The van der Waals surface area contributed by atoms with Gasteiger partial charge in [-0.15, -0.1) is 0 Å². The summed E-state index contributed by atoms with van der Waals surface area (Å²) in [6.45, 7) is 2.03. The zero-order chi connectivity index (χ0) is 20.8. The van der Waals surface area contributed by atoms with Gasteiger partial charge in [-0.05, 0) is 55.1 Å². The highest BCUT2D eigenvalue weighted by Gasteiger charge is 2.21. The van der Waals surface area contributed by atoms with Crippen LogP contribution >= 0.6 is 11.8 Å². The van der Waals surface area contributed by atoms with E-state index in [4.69, 9.17) is 9.72 Å². The summed E-state index contributed by atoms with van der Waals surface area (Å²) in [6, 6.07) is 27.2. The first kappa shape index (κ1) is 19.7. The van der Waals surface area contributed by atoms with E-state index in [0.29, 0.717) is 5.16 Å². The molecular weight excluding hydrogens is 396 g/mol. The highest BCUT2D eigenvalue weighted by Crippen LogP contribution is 2.29. The molecule has 0 amide bonds. The van der Waals surface area contributed by atoms with E-state index >= 15 is 0 Å². The Morgan fingerprint density at radius 3 is 2.40 bits per heavy atom. The van der Waals surface area contributed by atoms with Gasteiger partial charge in [0.05, 0.1) is 23.3 Å². The van der Waals surface area contributed by atoms with Crippen molar-refractivity contribution >= 4 is 39.5 Å². The van der Waals surface area contributed by atoms with Crippen LogP contribution in [0, 0.1) is 0 Å². The van der Waals surface area contributed by atoms with E-state index in [1.807, 2.05) is 89.5 Å². The van der Waals surface area contributed by atoms with Crippen molar-refractivity contribution in [1.82, 2.24) is 9.55 Å². The first-order chi connectivity index (χ1) is 14.8. The maximum Gasteiger partial charge on any atom is 0.365 e. The van der Waals surface area contributed by atoms with Crippen molar-refractivity contribution in [2.75, 3.05) is 12.0 Å². The molecule has 0 radical (unpaired) electrons. The highest BCUT2D eigenvalue weighted by molar-refractivity contribution is 8.15. The SMILES string of the molecule is CCOC(=O)C(=NNc1ccccc1)Sc1nc2ccccc2n1-c1ccccc1. The number of hydrazone groups is 1. The monoisotopic (exact) mass is 416 g/mol. The fourth-order valence-electron chi connectivity index (χ4n) is 2.92. The van der Waals surface area contributed by atoms with Crippen LogP contribution in [0.4, 0.5) is 5.69 Å². The third-order valence-electron chi connectivity index (χ3n) is 4.24. The largest absolute Gasteiger partial charge is 0.461 e. The van der Waals surface area contributed by atoms with Crippen LogP contribution in [0.3, 0.4) is 0 Å². The number of thioether (sulfide) groups is 1. The topological polar surface area (TPSA) is 68.5 Å². The predicted octanol–water partition coefficient (Wildman–Crippen LogP) is 5.11. The molecule has 0 spiro atoms. The van der Waals surface area contributed by atoms with E-state index in [-0.39, 0.29) is 11.7 Å². The number of fused-ring (bicyclic) bond motifs is 1. The molecule has 0 aliphatic carbocycles. The van der Waals surface area contributed by atoms with Gasteiger partial charge in [0.25, 0.3) is 0 Å². The number of carbonyl (C=O) groups excluding carboxylic acids is 1. The molecular formula is C23H20N4O2S. The number of hydrogen-bond acceptors (Lipinski definition) is 6. The zero-order valence-electron chi connectivity index (χ0n) is 16.4. The van der Waals surface area contributed by atoms with Crippen molar-refractivity contribution in [3.8, 4) is 5.69 Å². The summed E-state index contributed by atoms with van der Waals surface area (Å²) in [6.07, 6.45) is 0. The Balaban J connectivity index is 1.75. The normalized spacial score (nSPS) is 11.4. The molecule has 4 aromatic rings. The number of benzene rings is 3. The fourth-order valence-corrected chi connectivity index (χ4v) is 3.76. The molecule has 1 heterocycles. The minimum absolute atomic E-state index is 0.174. The van der Waals surface area contributed by atoms with E-state index in [1.54, 1.807) is 6.92 Å². The molecule has 7 heteroatoms. The Hall–Kier alpha value is -3.58. The lowest BCUT2D eigenvalue weighted by molar-refractivity contribution is -0.134.